The van der Waals surface area contributed by atoms with Crippen LogP contribution in [0.25, 0.3) is 21.8 Å². The predicted molar refractivity (Wildman–Crippen MR) is 125 cm³/mol. The van der Waals surface area contributed by atoms with Crippen LogP contribution in [0.3, 0.4) is 0 Å². The van der Waals surface area contributed by atoms with Crippen LogP contribution in [-0.2, 0) is 0 Å². The second-order valence-electron chi connectivity index (χ2n) is 6.82. The van der Waals surface area contributed by atoms with Crippen LogP contribution in [0.1, 0.15) is 6.17 Å². The Morgan fingerprint density at radius 1 is 0.862 bits per heavy atom. The zero-order chi connectivity index (χ0) is 20.1. The topological polar surface area (TPSA) is 41.0 Å². The van der Waals surface area contributed by atoms with E-state index in [2.05, 4.69) is 93.8 Å². The Labute approximate surface area is 171 Å². The molecule has 0 spiro atoms. The van der Waals surface area contributed by atoms with Crippen LogP contribution in [0.4, 0.5) is 11.4 Å². The van der Waals surface area contributed by atoms with Crippen LogP contribution in [0.2, 0.25) is 0 Å². The Kier molecular flexibility index (Phi) is 5.63. The maximum atomic E-state index is 3.84. The number of aromatic nitrogens is 1. The quantitative estimate of drug-likeness (QED) is 0.269. The van der Waals surface area contributed by atoms with Gasteiger partial charge in [-0.15, -0.1) is 0 Å². The molecule has 1 atom stereocenters. The molecule has 0 aliphatic rings. The number of para-hydroxylation sites is 4. The molecule has 0 bridgehead atoms. The summed E-state index contributed by atoms with van der Waals surface area (Å²) >= 11 is 0. The van der Waals surface area contributed by atoms with E-state index in [0.717, 1.165) is 11.4 Å². The zero-order valence-electron chi connectivity index (χ0n) is 16.6. The summed E-state index contributed by atoms with van der Waals surface area (Å²) in [4.78, 5) is 0. The van der Waals surface area contributed by atoms with Crippen molar-refractivity contribution in [1.82, 2.24) is 9.88 Å². The average Bonchev–Trinajstić information content (AvgIpc) is 3.11. The lowest BCUT2D eigenvalue weighted by Gasteiger charge is -2.21. The molecule has 0 saturated carbocycles. The lowest BCUT2D eigenvalue weighted by atomic mass is 10.2. The standard InChI is InChI=1S/C25H26N4/c1-3-4-17-25(28-18-27-22-14-8-7-13-21(22)26-2)29-23-15-9-5-11-19(23)20-12-6-10-16-24(20)29/h3-17,25-28H,1,18H2,2H3/b17-4-. The third-order valence-electron chi connectivity index (χ3n) is 5.11. The van der Waals surface area contributed by atoms with Gasteiger partial charge in [-0.2, -0.15) is 0 Å². The highest BCUT2D eigenvalue weighted by atomic mass is 15.2. The van der Waals surface area contributed by atoms with Gasteiger partial charge in [-0.25, -0.2) is 0 Å². The molecule has 29 heavy (non-hydrogen) atoms. The summed E-state index contributed by atoms with van der Waals surface area (Å²) in [6.07, 6.45) is 5.92. The fourth-order valence-corrected chi connectivity index (χ4v) is 3.79. The molecule has 1 heterocycles. The van der Waals surface area contributed by atoms with Crippen molar-refractivity contribution in [2.75, 3.05) is 24.3 Å². The highest BCUT2D eigenvalue weighted by Crippen LogP contribution is 2.31. The molecule has 0 fully saturated rings. The summed E-state index contributed by atoms with van der Waals surface area (Å²) in [5.74, 6) is 0. The summed E-state index contributed by atoms with van der Waals surface area (Å²) < 4.78 is 2.34. The Morgan fingerprint density at radius 3 is 2.07 bits per heavy atom. The van der Waals surface area contributed by atoms with Gasteiger partial charge >= 0.3 is 0 Å². The van der Waals surface area contributed by atoms with Gasteiger partial charge in [-0.1, -0.05) is 67.3 Å². The summed E-state index contributed by atoms with van der Waals surface area (Å²) in [5, 5.41) is 12.9. The van der Waals surface area contributed by atoms with Gasteiger partial charge in [0, 0.05) is 17.8 Å². The van der Waals surface area contributed by atoms with Crippen molar-refractivity contribution in [3.8, 4) is 0 Å². The molecule has 0 amide bonds. The summed E-state index contributed by atoms with van der Waals surface area (Å²) in [7, 11) is 1.93. The maximum Gasteiger partial charge on any atom is 0.105 e. The van der Waals surface area contributed by atoms with Crippen molar-refractivity contribution in [3.05, 3.63) is 97.6 Å². The third kappa shape index (κ3) is 3.75. The van der Waals surface area contributed by atoms with Crippen molar-refractivity contribution >= 4 is 33.2 Å². The average molecular weight is 383 g/mol. The number of hydrogen-bond donors (Lipinski definition) is 3. The first-order chi connectivity index (χ1) is 14.3. The van der Waals surface area contributed by atoms with Gasteiger partial charge in [0.25, 0.3) is 0 Å². The van der Waals surface area contributed by atoms with Gasteiger partial charge in [-0.3, -0.25) is 5.32 Å². The van der Waals surface area contributed by atoms with E-state index in [-0.39, 0.29) is 6.17 Å². The molecule has 0 radical (unpaired) electrons. The summed E-state index contributed by atoms with van der Waals surface area (Å²) in [6, 6.07) is 25.3. The van der Waals surface area contributed by atoms with E-state index in [1.807, 2.05) is 31.3 Å². The fraction of sp³-hybridized carbons (Fsp3) is 0.120. The molecule has 0 aliphatic heterocycles. The number of fused-ring (bicyclic) bond motifs is 3. The highest BCUT2D eigenvalue weighted by molar-refractivity contribution is 6.08. The molecule has 4 heteroatoms. The lowest BCUT2D eigenvalue weighted by Crippen LogP contribution is -2.30. The minimum Gasteiger partial charge on any atom is -0.386 e. The zero-order valence-corrected chi connectivity index (χ0v) is 16.6. The van der Waals surface area contributed by atoms with E-state index < -0.39 is 0 Å². The van der Waals surface area contributed by atoms with Crippen LogP contribution < -0.4 is 16.0 Å². The molecule has 0 aliphatic carbocycles. The van der Waals surface area contributed by atoms with Crippen LogP contribution in [-0.4, -0.2) is 18.3 Å². The molecule has 1 aromatic heterocycles. The number of rotatable bonds is 8. The molecule has 4 nitrogen and oxygen atoms in total. The number of anilines is 2. The van der Waals surface area contributed by atoms with E-state index in [9.17, 15) is 0 Å². The Bertz CT molecular complexity index is 1100. The number of benzene rings is 3. The minimum atomic E-state index is -0.0213. The number of allylic oxidation sites excluding steroid dienone is 2. The van der Waals surface area contributed by atoms with Gasteiger partial charge in [-0.05, 0) is 30.3 Å². The van der Waals surface area contributed by atoms with Crippen molar-refractivity contribution in [1.29, 1.82) is 0 Å². The second kappa shape index (κ2) is 8.67. The predicted octanol–water partition coefficient (Wildman–Crippen LogP) is 5.74. The van der Waals surface area contributed by atoms with Gasteiger partial charge in [0.1, 0.15) is 6.17 Å². The highest BCUT2D eigenvalue weighted by Gasteiger charge is 2.15. The smallest absolute Gasteiger partial charge is 0.105 e. The molecule has 0 saturated heterocycles. The second-order valence-corrected chi connectivity index (χ2v) is 6.82. The monoisotopic (exact) mass is 382 g/mol. The van der Waals surface area contributed by atoms with Gasteiger partial charge in [0.05, 0.1) is 29.1 Å². The van der Waals surface area contributed by atoms with Crippen LogP contribution in [0, 0.1) is 0 Å². The van der Waals surface area contributed by atoms with E-state index in [4.69, 9.17) is 0 Å². The first-order valence-corrected chi connectivity index (χ1v) is 9.84. The first kappa shape index (κ1) is 18.8. The summed E-state index contributed by atoms with van der Waals surface area (Å²) in [5.41, 5.74) is 4.55. The van der Waals surface area contributed by atoms with E-state index in [1.54, 1.807) is 0 Å². The third-order valence-corrected chi connectivity index (χ3v) is 5.11. The molecular weight excluding hydrogens is 356 g/mol. The molecule has 3 aromatic carbocycles. The van der Waals surface area contributed by atoms with Crippen molar-refractivity contribution in [2.24, 2.45) is 0 Å². The van der Waals surface area contributed by atoms with Crippen molar-refractivity contribution < 1.29 is 0 Å². The van der Waals surface area contributed by atoms with Gasteiger partial charge in [0.2, 0.25) is 0 Å². The molecular formula is C25H26N4. The number of nitrogens with zero attached hydrogens (tertiary/aromatic N) is 1. The van der Waals surface area contributed by atoms with E-state index in [0.29, 0.717) is 6.67 Å². The minimum absolute atomic E-state index is 0.0213. The molecule has 146 valence electrons. The largest absolute Gasteiger partial charge is 0.386 e. The number of hydrogen-bond acceptors (Lipinski definition) is 3. The molecule has 3 N–H and O–H groups in total. The first-order valence-electron chi connectivity index (χ1n) is 9.84. The Morgan fingerprint density at radius 2 is 1.45 bits per heavy atom. The SMILES string of the molecule is C=C/C=C\C(NCNc1ccccc1NC)n1c2ccccc2c2ccccc21. The summed E-state index contributed by atoms with van der Waals surface area (Å²) in [6.45, 7) is 4.46. The van der Waals surface area contributed by atoms with Crippen molar-refractivity contribution in [3.63, 3.8) is 0 Å². The van der Waals surface area contributed by atoms with E-state index >= 15 is 0 Å². The van der Waals surface area contributed by atoms with Crippen LogP contribution in [0.15, 0.2) is 97.6 Å². The molecule has 1 unspecified atom stereocenters. The number of nitrogens with one attached hydrogen (secondary N) is 3. The van der Waals surface area contributed by atoms with Crippen molar-refractivity contribution in [2.45, 2.75) is 6.17 Å². The van der Waals surface area contributed by atoms with Gasteiger partial charge in [0.15, 0.2) is 0 Å². The molecule has 4 rings (SSSR count). The Balaban J connectivity index is 1.68. The van der Waals surface area contributed by atoms with Crippen LogP contribution in [0.5, 0.6) is 0 Å². The van der Waals surface area contributed by atoms with Gasteiger partial charge < -0.3 is 15.2 Å². The van der Waals surface area contributed by atoms with Crippen LogP contribution >= 0.6 is 0 Å². The normalized spacial score (nSPS) is 12.4. The lowest BCUT2D eigenvalue weighted by molar-refractivity contribution is 0.525. The van der Waals surface area contributed by atoms with E-state index in [1.165, 1.54) is 21.8 Å². The molecule has 4 aromatic rings. The maximum absolute atomic E-state index is 3.84. The Hall–Kier alpha value is -3.50. The fourth-order valence-electron chi connectivity index (χ4n) is 3.79.